The first-order chi connectivity index (χ1) is 8.54. The Morgan fingerprint density at radius 3 is 2.44 bits per heavy atom. The highest BCUT2D eigenvalue weighted by Crippen LogP contribution is 2.16. The predicted octanol–water partition coefficient (Wildman–Crippen LogP) is 3.05. The van der Waals surface area contributed by atoms with Crippen LogP contribution in [-0.4, -0.2) is 31.1 Å². The lowest BCUT2D eigenvalue weighted by atomic mass is 10.1. The number of esters is 1. The number of aryl methyl sites for hydroxylation is 1. The third-order valence-electron chi connectivity index (χ3n) is 2.83. The van der Waals surface area contributed by atoms with Crippen molar-refractivity contribution < 1.29 is 9.53 Å². The van der Waals surface area contributed by atoms with Gasteiger partial charge in [-0.15, -0.1) is 0 Å². The Balaban J connectivity index is 2.38. The molecule has 0 radical (unpaired) electrons. The Labute approximate surface area is 123 Å². The van der Waals surface area contributed by atoms with Gasteiger partial charge in [-0.1, -0.05) is 34.7 Å². The van der Waals surface area contributed by atoms with E-state index >= 15 is 0 Å². The minimum absolute atomic E-state index is 0.0337. The van der Waals surface area contributed by atoms with E-state index < -0.39 is 0 Å². The first kappa shape index (κ1) is 15.3. The van der Waals surface area contributed by atoms with Crippen molar-refractivity contribution in [2.75, 3.05) is 26.1 Å². The van der Waals surface area contributed by atoms with Crippen LogP contribution in [0.2, 0.25) is 0 Å². The number of hydrogen-bond donors (Lipinski definition) is 0. The van der Waals surface area contributed by atoms with Gasteiger partial charge in [0.15, 0.2) is 0 Å². The molecule has 0 bridgehead atoms. The number of nitrogens with zero attached hydrogens (tertiary/aromatic N) is 1. The average Bonchev–Trinajstić information content (AvgIpc) is 2.38. The minimum atomic E-state index is -0.126. The molecular weight excluding hydrogens is 341 g/mol. The van der Waals surface area contributed by atoms with Gasteiger partial charge in [0.2, 0.25) is 0 Å². The summed E-state index contributed by atoms with van der Waals surface area (Å²) in [6, 6.07) is 8.54. The van der Waals surface area contributed by atoms with Crippen molar-refractivity contribution in [3.8, 4) is 0 Å². The maximum atomic E-state index is 11.2. The standard InChI is InChI=1S/C14H20INO2/c1-16(2)12-9-7-11(8-10-12)5-4-6-13(15)14(17)18-3/h7-10,13H,4-6H2,1-3H3. The summed E-state index contributed by atoms with van der Waals surface area (Å²) in [6.07, 6.45) is 2.87. The summed E-state index contributed by atoms with van der Waals surface area (Å²) in [5.74, 6) is -0.126. The molecule has 100 valence electrons. The second-order valence-corrected chi connectivity index (χ2v) is 5.95. The molecule has 4 heteroatoms. The fraction of sp³-hybridized carbons (Fsp3) is 0.500. The summed E-state index contributed by atoms with van der Waals surface area (Å²) in [4.78, 5) is 13.3. The van der Waals surface area contributed by atoms with E-state index in [1.807, 2.05) is 14.1 Å². The third kappa shape index (κ3) is 4.84. The number of anilines is 1. The van der Waals surface area contributed by atoms with Crippen molar-refractivity contribution in [1.82, 2.24) is 0 Å². The highest BCUT2D eigenvalue weighted by atomic mass is 127. The molecule has 1 unspecified atom stereocenters. The topological polar surface area (TPSA) is 29.5 Å². The van der Waals surface area contributed by atoms with Crippen LogP contribution in [-0.2, 0) is 16.0 Å². The summed E-state index contributed by atoms with van der Waals surface area (Å²) in [7, 11) is 5.51. The van der Waals surface area contributed by atoms with Crippen molar-refractivity contribution in [3.63, 3.8) is 0 Å². The van der Waals surface area contributed by atoms with Crippen LogP contribution in [0.5, 0.6) is 0 Å². The quantitative estimate of drug-likeness (QED) is 0.443. The Morgan fingerprint density at radius 1 is 1.33 bits per heavy atom. The Bertz CT molecular complexity index is 376. The van der Waals surface area contributed by atoms with Crippen molar-refractivity contribution in [1.29, 1.82) is 0 Å². The zero-order chi connectivity index (χ0) is 13.5. The molecule has 1 rings (SSSR count). The number of carbonyl (C=O) groups excluding carboxylic acids is 1. The van der Waals surface area contributed by atoms with Crippen LogP contribution in [0.1, 0.15) is 18.4 Å². The zero-order valence-corrected chi connectivity index (χ0v) is 13.3. The lowest BCUT2D eigenvalue weighted by molar-refractivity contribution is -0.139. The summed E-state index contributed by atoms with van der Waals surface area (Å²) < 4.78 is 4.67. The predicted molar refractivity (Wildman–Crippen MR) is 83.5 cm³/mol. The third-order valence-corrected chi connectivity index (χ3v) is 3.96. The van der Waals surface area contributed by atoms with Crippen molar-refractivity contribution in [2.45, 2.75) is 23.2 Å². The maximum Gasteiger partial charge on any atom is 0.318 e. The average molecular weight is 361 g/mol. The molecule has 1 aromatic carbocycles. The molecule has 3 nitrogen and oxygen atoms in total. The molecule has 18 heavy (non-hydrogen) atoms. The van der Waals surface area contributed by atoms with Crippen molar-refractivity contribution in [2.24, 2.45) is 0 Å². The molecule has 0 N–H and O–H groups in total. The molecule has 0 saturated carbocycles. The lowest BCUT2D eigenvalue weighted by Gasteiger charge is -2.12. The van der Waals surface area contributed by atoms with Gasteiger partial charge in [0.1, 0.15) is 3.92 Å². The molecule has 0 aliphatic heterocycles. The van der Waals surface area contributed by atoms with Gasteiger partial charge in [-0.3, -0.25) is 4.79 Å². The number of carbonyl (C=O) groups is 1. The summed E-state index contributed by atoms with van der Waals surface area (Å²) in [5.41, 5.74) is 2.52. The Hall–Kier alpha value is -0.780. The maximum absolute atomic E-state index is 11.2. The van der Waals surface area contributed by atoms with Crippen LogP contribution in [0.15, 0.2) is 24.3 Å². The second-order valence-electron chi connectivity index (χ2n) is 4.44. The molecule has 0 fully saturated rings. The van der Waals surface area contributed by atoms with Crippen LogP contribution in [0.3, 0.4) is 0 Å². The normalized spacial score (nSPS) is 12.0. The van der Waals surface area contributed by atoms with Gasteiger partial charge < -0.3 is 9.64 Å². The second kappa shape index (κ2) is 7.61. The number of methoxy groups -OCH3 is 1. The highest BCUT2D eigenvalue weighted by Gasteiger charge is 2.13. The number of hydrogen-bond acceptors (Lipinski definition) is 3. The van der Waals surface area contributed by atoms with E-state index in [-0.39, 0.29) is 9.89 Å². The van der Waals surface area contributed by atoms with Crippen molar-refractivity contribution >= 4 is 34.2 Å². The molecule has 1 aromatic rings. The molecule has 0 aromatic heterocycles. The molecule has 0 aliphatic rings. The van der Waals surface area contributed by atoms with E-state index in [2.05, 4.69) is 51.8 Å². The van der Waals surface area contributed by atoms with Gasteiger partial charge in [-0.2, -0.15) is 0 Å². The van der Waals surface area contributed by atoms with E-state index in [9.17, 15) is 4.79 Å². The van der Waals surface area contributed by atoms with E-state index in [0.717, 1.165) is 19.3 Å². The first-order valence-electron chi connectivity index (χ1n) is 6.02. The largest absolute Gasteiger partial charge is 0.468 e. The molecule has 0 heterocycles. The van der Waals surface area contributed by atoms with Crippen LogP contribution < -0.4 is 4.90 Å². The van der Waals surface area contributed by atoms with Gasteiger partial charge >= 0.3 is 5.97 Å². The lowest BCUT2D eigenvalue weighted by Crippen LogP contribution is -2.15. The van der Waals surface area contributed by atoms with E-state index in [1.165, 1.54) is 18.4 Å². The van der Waals surface area contributed by atoms with Crippen LogP contribution in [0.25, 0.3) is 0 Å². The SMILES string of the molecule is COC(=O)C(I)CCCc1ccc(N(C)C)cc1. The summed E-state index contributed by atoms with van der Waals surface area (Å²) in [6.45, 7) is 0. The van der Waals surface area contributed by atoms with Gasteiger partial charge in [0.25, 0.3) is 0 Å². The van der Waals surface area contributed by atoms with Gasteiger partial charge in [-0.05, 0) is 37.0 Å². The van der Waals surface area contributed by atoms with E-state index in [0.29, 0.717) is 0 Å². The molecular formula is C14H20INO2. The monoisotopic (exact) mass is 361 g/mol. The summed E-state index contributed by atoms with van der Waals surface area (Å²) >= 11 is 2.14. The molecule has 0 saturated heterocycles. The molecule has 0 aliphatic carbocycles. The van der Waals surface area contributed by atoms with E-state index in [4.69, 9.17) is 4.74 Å². The van der Waals surface area contributed by atoms with Crippen LogP contribution in [0.4, 0.5) is 5.69 Å². The molecule has 1 atom stereocenters. The number of halogens is 1. The minimum Gasteiger partial charge on any atom is -0.468 e. The van der Waals surface area contributed by atoms with Crippen LogP contribution >= 0.6 is 22.6 Å². The highest BCUT2D eigenvalue weighted by molar-refractivity contribution is 14.1. The van der Waals surface area contributed by atoms with Gasteiger partial charge in [0, 0.05) is 19.8 Å². The first-order valence-corrected chi connectivity index (χ1v) is 7.27. The van der Waals surface area contributed by atoms with Crippen molar-refractivity contribution in [3.05, 3.63) is 29.8 Å². The van der Waals surface area contributed by atoms with Crippen LogP contribution in [0, 0.1) is 0 Å². The van der Waals surface area contributed by atoms with Gasteiger partial charge in [0.05, 0.1) is 7.11 Å². The molecule has 0 amide bonds. The van der Waals surface area contributed by atoms with Gasteiger partial charge in [-0.25, -0.2) is 0 Å². The molecule has 0 spiro atoms. The van der Waals surface area contributed by atoms with E-state index in [1.54, 1.807) is 0 Å². The summed E-state index contributed by atoms with van der Waals surface area (Å²) in [5, 5.41) is 0. The fourth-order valence-electron chi connectivity index (χ4n) is 1.69. The zero-order valence-electron chi connectivity index (χ0n) is 11.1. The number of rotatable bonds is 6. The number of benzene rings is 1. The fourth-order valence-corrected chi connectivity index (χ4v) is 2.39. The smallest absolute Gasteiger partial charge is 0.318 e. The number of alkyl halides is 1. The Kier molecular flexibility index (Phi) is 6.46. The Morgan fingerprint density at radius 2 is 1.94 bits per heavy atom. The number of ether oxygens (including phenoxy) is 1.